The number of carbonyl (C=O) groups excluding carboxylic acids is 1. The van der Waals surface area contributed by atoms with Crippen LogP contribution in [-0.2, 0) is 21.1 Å². The number of rotatable bonds is 3. The molecule has 5 rings (SSSR count). The fourth-order valence-corrected chi connectivity index (χ4v) is 5.50. The Morgan fingerprint density at radius 1 is 1.30 bits per heavy atom. The Balaban J connectivity index is 1.51. The van der Waals surface area contributed by atoms with Gasteiger partial charge in [-0.2, -0.15) is 17.6 Å². The lowest BCUT2D eigenvalue weighted by molar-refractivity contribution is -0.137. The van der Waals surface area contributed by atoms with Crippen molar-refractivity contribution in [2.24, 2.45) is 5.41 Å². The molecule has 0 spiro atoms. The van der Waals surface area contributed by atoms with Crippen LogP contribution in [0.25, 0.3) is 0 Å². The fourth-order valence-electron chi connectivity index (χ4n) is 5.28. The molecule has 0 radical (unpaired) electrons. The van der Waals surface area contributed by atoms with E-state index in [0.717, 1.165) is 12.1 Å². The number of nitrogens with zero attached hydrogens (tertiary/aromatic N) is 1. The van der Waals surface area contributed by atoms with Crippen molar-refractivity contribution in [2.75, 3.05) is 5.32 Å². The van der Waals surface area contributed by atoms with Gasteiger partial charge in [0.2, 0.25) is 11.9 Å². The van der Waals surface area contributed by atoms with Gasteiger partial charge in [-0.05, 0) is 42.3 Å². The van der Waals surface area contributed by atoms with Crippen LogP contribution in [0.3, 0.4) is 0 Å². The molecule has 5 nitrogen and oxygen atoms in total. The van der Waals surface area contributed by atoms with Crippen LogP contribution in [0.5, 0.6) is 0 Å². The molecule has 2 aliphatic heterocycles. The number of anilines is 1. The summed E-state index contributed by atoms with van der Waals surface area (Å²) in [5.74, 6) is -1.26. The molecule has 3 fully saturated rings. The standard InChI is InChI=1S/C20H15ClF4N2O3/c21-12-2-1-10(6-11(12)20(23,24)25)27-17(29)19-8-18(19,9-3-4-26-15(22)5-9)16-13(28)7-14(19)30-16/h1-6,13-14,16,28H,7-8H2,(H,27,29). The zero-order valence-corrected chi connectivity index (χ0v) is 16.0. The molecule has 5 unspecified atom stereocenters. The van der Waals surface area contributed by atoms with Crippen molar-refractivity contribution in [3.8, 4) is 0 Å². The Kier molecular flexibility index (Phi) is 4.04. The van der Waals surface area contributed by atoms with Crippen molar-refractivity contribution in [3.05, 3.63) is 58.6 Å². The molecule has 30 heavy (non-hydrogen) atoms. The second kappa shape index (κ2) is 6.15. The number of ether oxygens (including phenoxy) is 1. The highest BCUT2D eigenvalue weighted by Crippen LogP contribution is 2.77. The molecule has 1 amide bonds. The van der Waals surface area contributed by atoms with Crippen molar-refractivity contribution < 1.29 is 32.2 Å². The maximum absolute atomic E-state index is 13.8. The van der Waals surface area contributed by atoms with E-state index in [1.54, 1.807) is 6.07 Å². The Bertz CT molecular complexity index is 1060. The number of amides is 1. The van der Waals surface area contributed by atoms with Crippen LogP contribution in [0, 0.1) is 11.4 Å². The maximum atomic E-state index is 13.8. The lowest BCUT2D eigenvalue weighted by Gasteiger charge is -2.29. The molecule has 1 aromatic carbocycles. The molecule has 2 saturated heterocycles. The second-order valence-corrected chi connectivity index (χ2v) is 8.39. The van der Waals surface area contributed by atoms with Crippen LogP contribution in [0.1, 0.15) is 24.0 Å². The average Bonchev–Trinajstić information content (AvgIpc) is 3.16. The minimum Gasteiger partial charge on any atom is -0.390 e. The molecule has 1 aliphatic carbocycles. The fraction of sp³-hybridized carbons (Fsp3) is 0.400. The topological polar surface area (TPSA) is 71.5 Å². The highest BCUT2D eigenvalue weighted by molar-refractivity contribution is 6.31. The Morgan fingerprint density at radius 2 is 2.07 bits per heavy atom. The van der Waals surface area contributed by atoms with Gasteiger partial charge in [-0.15, -0.1) is 0 Å². The number of halogens is 5. The summed E-state index contributed by atoms with van der Waals surface area (Å²) in [5.41, 5.74) is -2.71. The van der Waals surface area contributed by atoms with Crippen LogP contribution in [-0.4, -0.2) is 34.3 Å². The van der Waals surface area contributed by atoms with E-state index in [9.17, 15) is 27.5 Å². The van der Waals surface area contributed by atoms with E-state index in [1.807, 2.05) is 0 Å². The van der Waals surface area contributed by atoms with Gasteiger partial charge in [-0.25, -0.2) is 4.98 Å². The largest absolute Gasteiger partial charge is 0.417 e. The molecular weight excluding hydrogens is 428 g/mol. The minimum atomic E-state index is -4.67. The SMILES string of the molecule is O=C(Nc1ccc(Cl)c(C(F)(F)F)c1)C12CC1(c1ccnc(F)c1)C1OC2CC1O. The molecular formula is C20H15ClF4N2O3. The monoisotopic (exact) mass is 442 g/mol. The summed E-state index contributed by atoms with van der Waals surface area (Å²) in [4.78, 5) is 16.8. The van der Waals surface area contributed by atoms with E-state index >= 15 is 0 Å². The third kappa shape index (κ3) is 2.48. The number of hydrogen-bond acceptors (Lipinski definition) is 4. The summed E-state index contributed by atoms with van der Waals surface area (Å²) >= 11 is 5.64. The first-order valence-electron chi connectivity index (χ1n) is 9.23. The number of aliphatic hydroxyl groups excluding tert-OH is 1. The number of carbonyl (C=O) groups is 1. The Morgan fingerprint density at radius 3 is 2.77 bits per heavy atom. The minimum absolute atomic E-state index is 0.0591. The van der Waals surface area contributed by atoms with E-state index in [0.29, 0.717) is 12.0 Å². The molecule has 1 aromatic heterocycles. The van der Waals surface area contributed by atoms with Gasteiger partial charge in [-0.1, -0.05) is 11.6 Å². The van der Waals surface area contributed by atoms with Gasteiger partial charge in [0, 0.05) is 23.7 Å². The number of nitrogens with one attached hydrogen (secondary N) is 1. The van der Waals surface area contributed by atoms with Crippen molar-refractivity contribution in [1.29, 1.82) is 0 Å². The van der Waals surface area contributed by atoms with Gasteiger partial charge in [0.1, 0.15) is 0 Å². The van der Waals surface area contributed by atoms with Crippen LogP contribution in [0.2, 0.25) is 5.02 Å². The Labute approximate surface area is 173 Å². The first kappa shape index (κ1) is 19.7. The number of aromatic nitrogens is 1. The van der Waals surface area contributed by atoms with E-state index in [2.05, 4.69) is 10.3 Å². The normalized spacial score (nSPS) is 34.0. The van der Waals surface area contributed by atoms with Gasteiger partial charge in [0.15, 0.2) is 0 Å². The molecule has 10 heteroatoms. The van der Waals surface area contributed by atoms with E-state index < -0.39 is 57.8 Å². The number of aliphatic hydroxyl groups is 1. The summed E-state index contributed by atoms with van der Waals surface area (Å²) in [6.07, 6.45) is -5.03. The lowest BCUT2D eigenvalue weighted by atomic mass is 9.74. The zero-order chi connectivity index (χ0) is 21.5. The van der Waals surface area contributed by atoms with Crippen molar-refractivity contribution in [3.63, 3.8) is 0 Å². The third-order valence-corrected chi connectivity index (χ3v) is 6.89. The summed E-state index contributed by atoms with van der Waals surface area (Å²) < 4.78 is 59.1. The lowest BCUT2D eigenvalue weighted by Crippen LogP contribution is -2.44. The first-order chi connectivity index (χ1) is 14.1. The number of hydrogen-bond donors (Lipinski definition) is 2. The predicted molar refractivity (Wildman–Crippen MR) is 97.3 cm³/mol. The molecule has 158 valence electrons. The highest BCUT2D eigenvalue weighted by atomic mass is 35.5. The molecule has 2 N–H and O–H groups in total. The number of pyridine rings is 1. The van der Waals surface area contributed by atoms with Gasteiger partial charge >= 0.3 is 6.18 Å². The quantitative estimate of drug-likeness (QED) is 0.562. The number of benzene rings is 1. The predicted octanol–water partition coefficient (Wildman–Crippen LogP) is 3.69. The number of fused-ring (bicyclic) bond motifs is 5. The molecule has 3 aliphatic rings. The van der Waals surface area contributed by atoms with E-state index in [4.69, 9.17) is 16.3 Å². The Hall–Kier alpha value is -2.23. The van der Waals surface area contributed by atoms with Crippen molar-refractivity contribution >= 4 is 23.2 Å². The van der Waals surface area contributed by atoms with Crippen molar-refractivity contribution in [2.45, 2.75) is 42.7 Å². The smallest absolute Gasteiger partial charge is 0.390 e. The van der Waals surface area contributed by atoms with Crippen LogP contribution in [0.4, 0.5) is 23.2 Å². The first-order valence-corrected chi connectivity index (χ1v) is 9.61. The summed E-state index contributed by atoms with van der Waals surface area (Å²) in [6.45, 7) is 0. The van der Waals surface area contributed by atoms with Gasteiger partial charge in [0.25, 0.3) is 0 Å². The molecule has 3 heterocycles. The van der Waals surface area contributed by atoms with Crippen LogP contribution < -0.4 is 5.32 Å². The average molecular weight is 443 g/mol. The molecule has 2 aromatic rings. The molecule has 5 atom stereocenters. The van der Waals surface area contributed by atoms with Gasteiger partial charge in [-0.3, -0.25) is 4.79 Å². The summed E-state index contributed by atoms with van der Waals surface area (Å²) in [6, 6.07) is 5.90. The molecule has 1 saturated carbocycles. The zero-order valence-electron chi connectivity index (χ0n) is 15.2. The van der Waals surface area contributed by atoms with Crippen LogP contribution >= 0.6 is 11.6 Å². The maximum Gasteiger partial charge on any atom is 0.417 e. The van der Waals surface area contributed by atoms with Gasteiger partial charge < -0.3 is 15.2 Å². The third-order valence-electron chi connectivity index (χ3n) is 6.56. The highest BCUT2D eigenvalue weighted by Gasteiger charge is 2.87. The number of alkyl halides is 3. The van der Waals surface area contributed by atoms with Crippen LogP contribution in [0.15, 0.2) is 36.5 Å². The second-order valence-electron chi connectivity index (χ2n) is 7.98. The van der Waals surface area contributed by atoms with E-state index in [-0.39, 0.29) is 12.1 Å². The molecule has 2 bridgehead atoms. The summed E-state index contributed by atoms with van der Waals surface area (Å²) in [5, 5.41) is 12.4. The summed E-state index contributed by atoms with van der Waals surface area (Å²) in [7, 11) is 0. The van der Waals surface area contributed by atoms with Gasteiger partial charge in [0.05, 0.1) is 34.3 Å². The van der Waals surface area contributed by atoms with E-state index in [1.165, 1.54) is 18.3 Å². The van der Waals surface area contributed by atoms with Crippen molar-refractivity contribution in [1.82, 2.24) is 4.98 Å².